The van der Waals surface area contributed by atoms with Gasteiger partial charge in [-0.15, -0.1) is 0 Å². The summed E-state index contributed by atoms with van der Waals surface area (Å²) in [5.41, 5.74) is 1.17. The Morgan fingerprint density at radius 1 is 1.64 bits per heavy atom. The van der Waals surface area contributed by atoms with Gasteiger partial charge in [0, 0.05) is 25.3 Å². The van der Waals surface area contributed by atoms with Crippen LogP contribution in [0.2, 0.25) is 0 Å². The first-order chi connectivity index (χ1) is 6.79. The number of aromatic nitrogens is 2. The minimum Gasteiger partial charge on any atom is -0.395 e. The van der Waals surface area contributed by atoms with Crippen LogP contribution >= 0.6 is 0 Å². The van der Waals surface area contributed by atoms with Gasteiger partial charge in [0.05, 0.1) is 12.3 Å². The zero-order valence-electron chi connectivity index (χ0n) is 8.90. The molecule has 2 N–H and O–H groups in total. The summed E-state index contributed by atoms with van der Waals surface area (Å²) in [5, 5.41) is 16.1. The maximum atomic E-state index is 8.63. The van der Waals surface area contributed by atoms with E-state index in [9.17, 15) is 0 Å². The summed E-state index contributed by atoms with van der Waals surface area (Å²) in [6.07, 6.45) is 2.90. The topological polar surface area (TPSA) is 50.1 Å². The highest BCUT2D eigenvalue weighted by Crippen LogP contribution is 2.11. The van der Waals surface area contributed by atoms with Crippen LogP contribution in [0.3, 0.4) is 0 Å². The van der Waals surface area contributed by atoms with Crippen LogP contribution in [-0.2, 0) is 6.54 Å². The van der Waals surface area contributed by atoms with E-state index in [1.54, 1.807) is 0 Å². The molecule has 0 aromatic carbocycles. The van der Waals surface area contributed by atoms with Crippen molar-refractivity contribution >= 4 is 0 Å². The first-order valence-electron chi connectivity index (χ1n) is 5.13. The highest BCUT2D eigenvalue weighted by molar-refractivity contribution is 5.01. The molecule has 1 rings (SSSR count). The number of nitrogens with zero attached hydrogens (tertiary/aromatic N) is 2. The van der Waals surface area contributed by atoms with Gasteiger partial charge in [-0.1, -0.05) is 6.92 Å². The summed E-state index contributed by atoms with van der Waals surface area (Å²) in [6.45, 7) is 5.88. The highest BCUT2D eigenvalue weighted by atomic mass is 16.3. The summed E-state index contributed by atoms with van der Waals surface area (Å²) < 4.78 is 2.03. The Balaban J connectivity index is 2.53. The molecule has 1 heterocycles. The van der Waals surface area contributed by atoms with Crippen molar-refractivity contribution in [3.8, 4) is 0 Å². The molecule has 0 bridgehead atoms. The lowest BCUT2D eigenvalue weighted by atomic mass is 10.2. The van der Waals surface area contributed by atoms with Gasteiger partial charge in [0.2, 0.25) is 0 Å². The Hall–Kier alpha value is -0.870. The molecule has 80 valence electrons. The Labute approximate surface area is 84.9 Å². The van der Waals surface area contributed by atoms with Crippen LogP contribution in [0.25, 0.3) is 0 Å². The third-order valence-electron chi connectivity index (χ3n) is 2.36. The van der Waals surface area contributed by atoms with Crippen LogP contribution in [-0.4, -0.2) is 28.0 Å². The van der Waals surface area contributed by atoms with Crippen LogP contribution in [0.4, 0.5) is 0 Å². The smallest absolute Gasteiger partial charge is 0.0556 e. The van der Waals surface area contributed by atoms with Gasteiger partial charge in [-0.05, 0) is 19.4 Å². The molecule has 14 heavy (non-hydrogen) atoms. The van der Waals surface area contributed by atoms with E-state index < -0.39 is 0 Å². The first-order valence-corrected chi connectivity index (χ1v) is 5.13. The Morgan fingerprint density at radius 2 is 2.43 bits per heavy atom. The van der Waals surface area contributed by atoms with E-state index >= 15 is 0 Å². The van der Waals surface area contributed by atoms with Crippen molar-refractivity contribution in [2.75, 3.05) is 13.2 Å². The zero-order chi connectivity index (χ0) is 10.4. The summed E-state index contributed by atoms with van der Waals surface area (Å²) in [7, 11) is 0. The Morgan fingerprint density at radius 3 is 3.07 bits per heavy atom. The molecule has 0 saturated carbocycles. The third-order valence-corrected chi connectivity index (χ3v) is 2.36. The van der Waals surface area contributed by atoms with Crippen molar-refractivity contribution in [2.45, 2.75) is 32.9 Å². The van der Waals surface area contributed by atoms with E-state index in [0.29, 0.717) is 12.6 Å². The Kier molecular flexibility index (Phi) is 4.62. The first kappa shape index (κ1) is 11.2. The number of aliphatic hydroxyl groups excluding tert-OH is 1. The fourth-order valence-electron chi connectivity index (χ4n) is 1.35. The minimum absolute atomic E-state index is 0.178. The average Bonchev–Trinajstić information content (AvgIpc) is 2.65. The molecule has 0 fully saturated rings. The monoisotopic (exact) mass is 197 g/mol. The number of hydrogen-bond donors (Lipinski definition) is 2. The normalized spacial score (nSPS) is 13.1. The van der Waals surface area contributed by atoms with Gasteiger partial charge in [-0.25, -0.2) is 0 Å². The van der Waals surface area contributed by atoms with E-state index in [1.807, 2.05) is 16.9 Å². The van der Waals surface area contributed by atoms with Crippen molar-refractivity contribution < 1.29 is 5.11 Å². The molecule has 0 aliphatic carbocycles. The summed E-state index contributed by atoms with van der Waals surface area (Å²) in [4.78, 5) is 0. The molecule has 1 aromatic rings. The van der Waals surface area contributed by atoms with Crippen molar-refractivity contribution in [3.63, 3.8) is 0 Å². The molecule has 1 aromatic heterocycles. The number of rotatable bonds is 6. The number of nitrogens with one attached hydrogen (secondary N) is 1. The quantitative estimate of drug-likeness (QED) is 0.667. The molecule has 0 amide bonds. The van der Waals surface area contributed by atoms with E-state index in [1.165, 1.54) is 5.69 Å². The molecular formula is C10H19N3O. The van der Waals surface area contributed by atoms with Crippen molar-refractivity contribution in [2.24, 2.45) is 0 Å². The molecule has 0 aliphatic heterocycles. The lowest BCUT2D eigenvalue weighted by Gasteiger charge is -2.13. The van der Waals surface area contributed by atoms with Crippen LogP contribution in [0.1, 0.15) is 32.0 Å². The maximum absolute atomic E-state index is 8.63. The van der Waals surface area contributed by atoms with Gasteiger partial charge >= 0.3 is 0 Å². The molecule has 1 atom stereocenters. The summed E-state index contributed by atoms with van der Waals surface area (Å²) in [6, 6.07) is 2.45. The molecule has 0 radical (unpaired) electrons. The van der Waals surface area contributed by atoms with E-state index in [-0.39, 0.29) is 6.61 Å². The highest BCUT2D eigenvalue weighted by Gasteiger charge is 2.06. The lowest BCUT2D eigenvalue weighted by molar-refractivity contribution is 0.290. The van der Waals surface area contributed by atoms with Crippen molar-refractivity contribution in [1.29, 1.82) is 0 Å². The second kappa shape index (κ2) is 5.78. The summed E-state index contributed by atoms with van der Waals surface area (Å²) >= 11 is 0. The van der Waals surface area contributed by atoms with Gasteiger partial charge in [0.15, 0.2) is 0 Å². The van der Waals surface area contributed by atoms with Crippen LogP contribution in [0.15, 0.2) is 12.3 Å². The van der Waals surface area contributed by atoms with Gasteiger partial charge in [0.1, 0.15) is 0 Å². The molecular weight excluding hydrogens is 178 g/mol. The predicted molar refractivity (Wildman–Crippen MR) is 56.0 cm³/mol. The van der Waals surface area contributed by atoms with Crippen molar-refractivity contribution in [1.82, 2.24) is 15.1 Å². The zero-order valence-corrected chi connectivity index (χ0v) is 8.90. The molecule has 0 saturated heterocycles. The minimum atomic E-state index is 0.178. The van der Waals surface area contributed by atoms with Gasteiger partial charge in [0.25, 0.3) is 0 Å². The number of aliphatic hydroxyl groups is 1. The van der Waals surface area contributed by atoms with E-state index in [4.69, 9.17) is 5.11 Å². The standard InChI is InChI=1S/C10H19N3O/c1-3-9(2)13-10(4-5-12-13)8-11-6-7-14/h4-5,9,11,14H,3,6-8H2,1-2H3/t9-/m1/s1. The number of hydrogen-bond acceptors (Lipinski definition) is 3. The fraction of sp³-hybridized carbons (Fsp3) is 0.700. The van der Waals surface area contributed by atoms with Crippen LogP contribution in [0.5, 0.6) is 0 Å². The largest absolute Gasteiger partial charge is 0.395 e. The maximum Gasteiger partial charge on any atom is 0.0556 e. The fourth-order valence-corrected chi connectivity index (χ4v) is 1.35. The predicted octanol–water partition coefficient (Wildman–Crippen LogP) is 0.936. The van der Waals surface area contributed by atoms with Gasteiger partial charge in [-0.2, -0.15) is 5.10 Å². The molecule has 0 aliphatic rings. The SMILES string of the molecule is CC[C@@H](C)n1nccc1CNCCO. The van der Waals surface area contributed by atoms with Crippen LogP contribution in [0, 0.1) is 0 Å². The van der Waals surface area contributed by atoms with Gasteiger partial charge in [-0.3, -0.25) is 4.68 Å². The van der Waals surface area contributed by atoms with Crippen molar-refractivity contribution in [3.05, 3.63) is 18.0 Å². The molecule has 4 heteroatoms. The third kappa shape index (κ3) is 2.82. The molecule has 0 unspecified atom stereocenters. The van der Waals surface area contributed by atoms with Gasteiger partial charge < -0.3 is 10.4 Å². The second-order valence-corrected chi connectivity index (χ2v) is 3.42. The van der Waals surface area contributed by atoms with E-state index in [2.05, 4.69) is 24.3 Å². The molecule has 0 spiro atoms. The van der Waals surface area contributed by atoms with E-state index in [0.717, 1.165) is 13.0 Å². The second-order valence-electron chi connectivity index (χ2n) is 3.42. The molecule has 4 nitrogen and oxygen atoms in total. The lowest BCUT2D eigenvalue weighted by Crippen LogP contribution is -2.21. The summed E-state index contributed by atoms with van der Waals surface area (Å²) in [5.74, 6) is 0. The Bertz CT molecular complexity index is 260. The average molecular weight is 197 g/mol. The van der Waals surface area contributed by atoms with Crippen LogP contribution < -0.4 is 5.32 Å².